The molecule has 0 aromatic carbocycles. The standard InChI is InChI=1S/C16H16N2O5/c1-11-5-13(6-16(20)22-11)23-14-8-18(9-14)15(19)10-21-12-3-2-4-17-7-12/h2-7,14H,8-10H2,1H3. The van der Waals surface area contributed by atoms with E-state index >= 15 is 0 Å². The molecule has 1 fully saturated rings. The van der Waals surface area contributed by atoms with Crippen LogP contribution in [-0.4, -0.2) is 41.6 Å². The van der Waals surface area contributed by atoms with Crippen LogP contribution in [-0.2, 0) is 4.79 Å². The fourth-order valence-electron chi connectivity index (χ4n) is 2.22. The maximum atomic E-state index is 12.0. The average molecular weight is 316 g/mol. The van der Waals surface area contributed by atoms with Gasteiger partial charge >= 0.3 is 5.63 Å². The molecule has 7 heteroatoms. The van der Waals surface area contributed by atoms with Crippen molar-refractivity contribution in [3.63, 3.8) is 0 Å². The van der Waals surface area contributed by atoms with Crippen molar-refractivity contribution in [3.05, 3.63) is 52.8 Å². The highest BCUT2D eigenvalue weighted by molar-refractivity contribution is 5.78. The number of likely N-dealkylation sites (tertiary alicyclic amines) is 1. The Morgan fingerprint density at radius 1 is 1.39 bits per heavy atom. The number of rotatable bonds is 5. The summed E-state index contributed by atoms with van der Waals surface area (Å²) in [5.41, 5.74) is -0.447. The number of carbonyl (C=O) groups is 1. The predicted molar refractivity (Wildman–Crippen MR) is 80.4 cm³/mol. The molecule has 1 aliphatic rings. The molecular weight excluding hydrogens is 300 g/mol. The molecule has 120 valence electrons. The first kappa shape index (κ1) is 15.1. The van der Waals surface area contributed by atoms with Gasteiger partial charge in [0.05, 0.1) is 25.4 Å². The van der Waals surface area contributed by atoms with E-state index in [2.05, 4.69) is 4.98 Å². The Balaban J connectivity index is 1.45. The molecule has 0 bridgehead atoms. The molecule has 7 nitrogen and oxygen atoms in total. The number of nitrogens with zero attached hydrogens (tertiary/aromatic N) is 2. The summed E-state index contributed by atoms with van der Waals surface area (Å²) in [7, 11) is 0. The molecule has 0 atom stereocenters. The monoisotopic (exact) mass is 316 g/mol. The Labute approximate surface area is 132 Å². The van der Waals surface area contributed by atoms with Gasteiger partial charge in [0.25, 0.3) is 5.91 Å². The Bertz CT molecular complexity index is 738. The maximum absolute atomic E-state index is 12.0. The maximum Gasteiger partial charge on any atom is 0.339 e. The first-order valence-electron chi connectivity index (χ1n) is 7.19. The van der Waals surface area contributed by atoms with Crippen molar-refractivity contribution < 1.29 is 18.7 Å². The van der Waals surface area contributed by atoms with Crippen molar-refractivity contribution in [1.82, 2.24) is 9.88 Å². The van der Waals surface area contributed by atoms with Crippen LogP contribution in [0.15, 0.2) is 45.9 Å². The number of ether oxygens (including phenoxy) is 2. The molecule has 0 unspecified atom stereocenters. The zero-order valence-electron chi connectivity index (χ0n) is 12.6. The van der Waals surface area contributed by atoms with E-state index in [4.69, 9.17) is 13.9 Å². The van der Waals surface area contributed by atoms with Crippen LogP contribution in [0, 0.1) is 6.92 Å². The van der Waals surface area contributed by atoms with Crippen molar-refractivity contribution >= 4 is 5.91 Å². The molecule has 1 amide bonds. The second-order valence-corrected chi connectivity index (χ2v) is 5.24. The van der Waals surface area contributed by atoms with Gasteiger partial charge in [-0.2, -0.15) is 0 Å². The summed E-state index contributed by atoms with van der Waals surface area (Å²) in [6.07, 6.45) is 3.06. The molecule has 0 saturated carbocycles. The third-order valence-corrected chi connectivity index (χ3v) is 3.37. The van der Waals surface area contributed by atoms with Gasteiger partial charge in [0.2, 0.25) is 0 Å². The number of hydrogen-bond acceptors (Lipinski definition) is 6. The van der Waals surface area contributed by atoms with Crippen molar-refractivity contribution in [2.24, 2.45) is 0 Å². The highest BCUT2D eigenvalue weighted by atomic mass is 16.5. The average Bonchev–Trinajstić information content (AvgIpc) is 2.48. The van der Waals surface area contributed by atoms with Gasteiger partial charge < -0.3 is 18.8 Å². The molecule has 0 radical (unpaired) electrons. The zero-order valence-corrected chi connectivity index (χ0v) is 12.6. The molecule has 23 heavy (non-hydrogen) atoms. The number of hydrogen-bond donors (Lipinski definition) is 0. The summed E-state index contributed by atoms with van der Waals surface area (Å²) >= 11 is 0. The lowest BCUT2D eigenvalue weighted by atomic mass is 10.1. The Kier molecular flexibility index (Phi) is 4.27. The van der Waals surface area contributed by atoms with Crippen LogP contribution in [0.3, 0.4) is 0 Å². The summed E-state index contributed by atoms with van der Waals surface area (Å²) in [4.78, 5) is 28.8. The van der Waals surface area contributed by atoms with E-state index in [0.29, 0.717) is 30.3 Å². The highest BCUT2D eigenvalue weighted by Gasteiger charge is 2.32. The second kappa shape index (κ2) is 6.51. The number of amides is 1. The zero-order chi connectivity index (χ0) is 16.2. The van der Waals surface area contributed by atoms with E-state index < -0.39 is 5.63 Å². The van der Waals surface area contributed by atoms with Crippen LogP contribution in [0.1, 0.15) is 5.76 Å². The van der Waals surface area contributed by atoms with E-state index in [0.717, 1.165) is 0 Å². The molecular formula is C16H16N2O5. The number of aryl methyl sites for hydroxylation is 1. The number of carbonyl (C=O) groups excluding carboxylic acids is 1. The molecule has 0 aliphatic carbocycles. The van der Waals surface area contributed by atoms with E-state index in [1.165, 1.54) is 6.07 Å². The van der Waals surface area contributed by atoms with Gasteiger partial charge in [-0.25, -0.2) is 4.79 Å². The molecule has 0 spiro atoms. The van der Waals surface area contributed by atoms with Crippen molar-refractivity contribution in [2.45, 2.75) is 13.0 Å². The van der Waals surface area contributed by atoms with Crippen molar-refractivity contribution in [2.75, 3.05) is 19.7 Å². The van der Waals surface area contributed by atoms with Gasteiger partial charge in [0.15, 0.2) is 6.61 Å². The first-order valence-corrected chi connectivity index (χ1v) is 7.19. The summed E-state index contributed by atoms with van der Waals surface area (Å²) in [6.45, 7) is 2.58. The number of pyridine rings is 1. The smallest absolute Gasteiger partial charge is 0.339 e. The van der Waals surface area contributed by atoms with E-state index in [1.54, 1.807) is 42.4 Å². The van der Waals surface area contributed by atoms with Crippen LogP contribution in [0.5, 0.6) is 11.5 Å². The Morgan fingerprint density at radius 3 is 2.91 bits per heavy atom. The minimum Gasteiger partial charge on any atom is -0.486 e. The van der Waals surface area contributed by atoms with Gasteiger partial charge in [0.1, 0.15) is 23.4 Å². The molecule has 1 aliphatic heterocycles. The molecule has 2 aromatic rings. The molecule has 3 rings (SSSR count). The van der Waals surface area contributed by atoms with Crippen LogP contribution in [0.2, 0.25) is 0 Å². The minimum absolute atomic E-state index is 0.0353. The van der Waals surface area contributed by atoms with Gasteiger partial charge in [-0.15, -0.1) is 0 Å². The van der Waals surface area contributed by atoms with Crippen molar-refractivity contribution in [1.29, 1.82) is 0 Å². The lowest BCUT2D eigenvalue weighted by Crippen LogP contribution is -2.57. The highest BCUT2D eigenvalue weighted by Crippen LogP contribution is 2.18. The van der Waals surface area contributed by atoms with Crippen LogP contribution in [0.4, 0.5) is 0 Å². The van der Waals surface area contributed by atoms with Gasteiger partial charge in [0, 0.05) is 12.3 Å². The third kappa shape index (κ3) is 3.88. The number of aromatic nitrogens is 1. The topological polar surface area (TPSA) is 81.9 Å². The largest absolute Gasteiger partial charge is 0.486 e. The Hall–Kier alpha value is -2.83. The van der Waals surface area contributed by atoms with E-state index in [-0.39, 0.29) is 18.6 Å². The van der Waals surface area contributed by atoms with E-state index in [9.17, 15) is 9.59 Å². The fourth-order valence-corrected chi connectivity index (χ4v) is 2.22. The van der Waals surface area contributed by atoms with E-state index in [1.807, 2.05) is 0 Å². The molecule has 1 saturated heterocycles. The molecule has 0 N–H and O–H groups in total. The van der Waals surface area contributed by atoms with Crippen LogP contribution < -0.4 is 15.1 Å². The second-order valence-electron chi connectivity index (χ2n) is 5.24. The molecule has 3 heterocycles. The van der Waals surface area contributed by atoms with Crippen LogP contribution >= 0.6 is 0 Å². The summed E-state index contributed by atoms with van der Waals surface area (Å²) in [6, 6.07) is 6.43. The Morgan fingerprint density at radius 2 is 2.22 bits per heavy atom. The quantitative estimate of drug-likeness (QED) is 0.819. The third-order valence-electron chi connectivity index (χ3n) is 3.37. The van der Waals surface area contributed by atoms with Gasteiger partial charge in [-0.05, 0) is 19.1 Å². The molecule has 2 aromatic heterocycles. The predicted octanol–water partition coefficient (Wildman–Crippen LogP) is 1.01. The van der Waals surface area contributed by atoms with Gasteiger partial charge in [-0.1, -0.05) is 0 Å². The lowest BCUT2D eigenvalue weighted by molar-refractivity contribution is -0.142. The fraction of sp³-hybridized carbons (Fsp3) is 0.312. The van der Waals surface area contributed by atoms with Gasteiger partial charge in [-0.3, -0.25) is 9.78 Å². The normalized spacial score (nSPS) is 14.2. The van der Waals surface area contributed by atoms with Crippen LogP contribution in [0.25, 0.3) is 0 Å². The minimum atomic E-state index is -0.447. The lowest BCUT2D eigenvalue weighted by Gasteiger charge is -2.38. The summed E-state index contributed by atoms with van der Waals surface area (Å²) in [5.74, 6) is 1.39. The first-order chi connectivity index (χ1) is 11.1. The summed E-state index contributed by atoms with van der Waals surface area (Å²) in [5, 5.41) is 0. The van der Waals surface area contributed by atoms with Crippen molar-refractivity contribution in [3.8, 4) is 11.5 Å². The summed E-state index contributed by atoms with van der Waals surface area (Å²) < 4.78 is 15.9. The SMILES string of the molecule is Cc1cc(OC2CN(C(=O)COc3cccnc3)C2)cc(=O)o1.